The summed E-state index contributed by atoms with van der Waals surface area (Å²) in [6, 6.07) is 17.7. The van der Waals surface area contributed by atoms with E-state index in [9.17, 15) is 5.11 Å². The molecule has 6 heteroatoms. The van der Waals surface area contributed by atoms with Crippen LogP contribution >= 0.6 is 11.6 Å². The van der Waals surface area contributed by atoms with E-state index >= 15 is 0 Å². The molecular weight excluding hydrogens is 408 g/mol. The van der Waals surface area contributed by atoms with Crippen molar-refractivity contribution >= 4 is 28.6 Å². The number of hydrogen-bond donors (Lipinski definition) is 1. The molecule has 0 aliphatic carbocycles. The zero-order valence-electron chi connectivity index (χ0n) is 17.1. The Morgan fingerprint density at radius 1 is 1.03 bits per heavy atom. The van der Waals surface area contributed by atoms with Crippen LogP contribution in [0.4, 0.5) is 5.95 Å². The van der Waals surface area contributed by atoms with Gasteiger partial charge in [-0.25, -0.2) is 9.97 Å². The van der Waals surface area contributed by atoms with Gasteiger partial charge in [-0.1, -0.05) is 35.7 Å². The van der Waals surface area contributed by atoms with Crippen molar-refractivity contribution < 1.29 is 5.11 Å². The number of pyridine rings is 1. The Morgan fingerprint density at radius 2 is 1.84 bits per heavy atom. The predicted octanol–water partition coefficient (Wildman–Crippen LogP) is 4.26. The topological polar surface area (TPSA) is 54.2 Å². The molecule has 0 spiro atoms. The number of rotatable bonds is 2. The number of benzene rings is 2. The Kier molecular flexibility index (Phi) is 5.11. The minimum Gasteiger partial charge on any atom is -0.391 e. The third-order valence-corrected chi connectivity index (χ3v) is 5.83. The molecule has 5 nitrogen and oxygen atoms in total. The zero-order chi connectivity index (χ0) is 21.4. The lowest BCUT2D eigenvalue weighted by Crippen LogP contribution is -2.24. The Bertz CT molecular complexity index is 1300. The number of aryl methyl sites for hydroxylation is 1. The van der Waals surface area contributed by atoms with E-state index in [0.717, 1.165) is 46.6 Å². The summed E-state index contributed by atoms with van der Waals surface area (Å²) in [7, 11) is 2.01. The quantitative estimate of drug-likeness (QED) is 0.485. The van der Waals surface area contributed by atoms with E-state index in [-0.39, 0.29) is 6.10 Å². The van der Waals surface area contributed by atoms with E-state index in [4.69, 9.17) is 16.6 Å². The van der Waals surface area contributed by atoms with Crippen molar-refractivity contribution in [2.45, 2.75) is 12.5 Å². The minimum absolute atomic E-state index is 0.278. The van der Waals surface area contributed by atoms with E-state index < -0.39 is 0 Å². The second kappa shape index (κ2) is 8.07. The summed E-state index contributed by atoms with van der Waals surface area (Å²) in [4.78, 5) is 11.4. The molecule has 1 aliphatic heterocycles. The lowest BCUT2D eigenvalue weighted by molar-refractivity contribution is 0.198. The lowest BCUT2D eigenvalue weighted by Gasteiger charge is -2.16. The number of aliphatic hydroxyl groups excluding tert-OH is 1. The van der Waals surface area contributed by atoms with Gasteiger partial charge in [0.15, 0.2) is 0 Å². The van der Waals surface area contributed by atoms with Crippen molar-refractivity contribution in [3.8, 4) is 23.0 Å². The van der Waals surface area contributed by atoms with Crippen LogP contribution in [0, 0.1) is 11.8 Å². The Morgan fingerprint density at radius 3 is 2.55 bits per heavy atom. The number of anilines is 1. The van der Waals surface area contributed by atoms with E-state index in [1.54, 1.807) is 0 Å². The average Bonchev–Trinajstić information content (AvgIpc) is 3.36. The van der Waals surface area contributed by atoms with Crippen LogP contribution in [-0.4, -0.2) is 38.8 Å². The Balaban J connectivity index is 1.38. The third kappa shape index (κ3) is 4.00. The van der Waals surface area contributed by atoms with E-state index in [0.29, 0.717) is 17.3 Å². The largest absolute Gasteiger partial charge is 0.391 e. The van der Waals surface area contributed by atoms with Crippen molar-refractivity contribution in [2.75, 3.05) is 18.0 Å². The fourth-order valence-electron chi connectivity index (χ4n) is 3.89. The van der Waals surface area contributed by atoms with Crippen LogP contribution in [0.3, 0.4) is 0 Å². The SMILES string of the molecule is Cn1c(N2CCC(O)C2)nc2cc(C#Cc3ccc(-c4ccc(Cl)cc4)cn3)ccc21. The first-order chi connectivity index (χ1) is 15.1. The van der Waals surface area contributed by atoms with Gasteiger partial charge in [-0.15, -0.1) is 0 Å². The molecule has 1 unspecified atom stereocenters. The first-order valence-electron chi connectivity index (χ1n) is 10.2. The van der Waals surface area contributed by atoms with Gasteiger partial charge in [-0.2, -0.15) is 0 Å². The van der Waals surface area contributed by atoms with Crippen LogP contribution in [-0.2, 0) is 7.05 Å². The summed E-state index contributed by atoms with van der Waals surface area (Å²) in [5.41, 5.74) is 5.65. The number of aromatic nitrogens is 3. The number of imidazole rings is 1. The molecule has 154 valence electrons. The number of aliphatic hydroxyl groups is 1. The first kappa shape index (κ1) is 19.6. The third-order valence-electron chi connectivity index (χ3n) is 5.58. The van der Waals surface area contributed by atoms with Crippen LogP contribution in [0.2, 0.25) is 5.02 Å². The monoisotopic (exact) mass is 428 g/mol. The fourth-order valence-corrected chi connectivity index (χ4v) is 4.01. The van der Waals surface area contributed by atoms with Gasteiger partial charge in [0.2, 0.25) is 5.95 Å². The van der Waals surface area contributed by atoms with Crippen molar-refractivity contribution in [1.82, 2.24) is 14.5 Å². The predicted molar refractivity (Wildman–Crippen MR) is 124 cm³/mol. The van der Waals surface area contributed by atoms with Crippen molar-refractivity contribution in [3.05, 3.63) is 77.1 Å². The van der Waals surface area contributed by atoms with Gasteiger partial charge in [0.25, 0.3) is 0 Å². The summed E-state index contributed by atoms with van der Waals surface area (Å²) in [5, 5.41) is 10.6. The molecule has 0 bridgehead atoms. The summed E-state index contributed by atoms with van der Waals surface area (Å²) >= 11 is 5.96. The molecule has 5 rings (SSSR count). The van der Waals surface area contributed by atoms with Crippen LogP contribution < -0.4 is 4.90 Å². The van der Waals surface area contributed by atoms with Gasteiger partial charge in [0.1, 0.15) is 5.69 Å². The number of halogens is 1. The van der Waals surface area contributed by atoms with Gasteiger partial charge in [0, 0.05) is 42.5 Å². The van der Waals surface area contributed by atoms with E-state index in [1.807, 2.05) is 67.8 Å². The van der Waals surface area contributed by atoms with Crippen molar-refractivity contribution in [3.63, 3.8) is 0 Å². The summed E-state index contributed by atoms with van der Waals surface area (Å²) in [5.74, 6) is 7.21. The molecular formula is C25H21ClN4O. The number of β-amino-alcohol motifs (C(OH)–C–C–N with tert-alkyl or cyclic N) is 1. The number of hydrogen-bond acceptors (Lipinski definition) is 4. The van der Waals surface area contributed by atoms with Gasteiger partial charge in [-0.05, 0) is 54.3 Å². The van der Waals surface area contributed by atoms with Crippen LogP contribution in [0.15, 0.2) is 60.8 Å². The highest BCUT2D eigenvalue weighted by molar-refractivity contribution is 6.30. The minimum atomic E-state index is -0.278. The Hall–Kier alpha value is -3.33. The molecule has 31 heavy (non-hydrogen) atoms. The second-order valence-electron chi connectivity index (χ2n) is 7.75. The molecule has 0 radical (unpaired) electrons. The fraction of sp³-hybridized carbons (Fsp3) is 0.200. The molecule has 1 fully saturated rings. The maximum atomic E-state index is 9.83. The van der Waals surface area contributed by atoms with Crippen molar-refractivity contribution in [2.24, 2.45) is 7.05 Å². The highest BCUT2D eigenvalue weighted by Crippen LogP contribution is 2.25. The molecule has 2 aromatic carbocycles. The van der Waals surface area contributed by atoms with Gasteiger partial charge < -0.3 is 14.6 Å². The maximum absolute atomic E-state index is 9.83. The molecule has 1 saturated heterocycles. The molecule has 3 heterocycles. The molecule has 1 N–H and O–H groups in total. The molecule has 4 aromatic rings. The first-order valence-corrected chi connectivity index (χ1v) is 10.6. The van der Waals surface area contributed by atoms with Crippen molar-refractivity contribution in [1.29, 1.82) is 0 Å². The molecule has 0 saturated carbocycles. The summed E-state index contributed by atoms with van der Waals surface area (Å²) < 4.78 is 2.07. The Labute approximate surface area is 185 Å². The normalized spacial score (nSPS) is 15.8. The van der Waals surface area contributed by atoms with Gasteiger partial charge in [-0.3, -0.25) is 0 Å². The summed E-state index contributed by atoms with van der Waals surface area (Å²) in [6.45, 7) is 1.45. The highest BCUT2D eigenvalue weighted by Gasteiger charge is 2.24. The van der Waals surface area contributed by atoms with Crippen LogP contribution in [0.1, 0.15) is 17.7 Å². The van der Waals surface area contributed by atoms with Crippen LogP contribution in [0.5, 0.6) is 0 Å². The maximum Gasteiger partial charge on any atom is 0.206 e. The summed E-state index contributed by atoms with van der Waals surface area (Å²) in [6.07, 6.45) is 2.33. The van der Waals surface area contributed by atoms with Crippen LogP contribution in [0.25, 0.3) is 22.2 Å². The highest BCUT2D eigenvalue weighted by atomic mass is 35.5. The number of nitrogens with zero attached hydrogens (tertiary/aromatic N) is 4. The zero-order valence-corrected chi connectivity index (χ0v) is 17.8. The van der Waals surface area contributed by atoms with Gasteiger partial charge >= 0.3 is 0 Å². The van der Waals surface area contributed by atoms with E-state index in [1.165, 1.54) is 0 Å². The lowest BCUT2D eigenvalue weighted by atomic mass is 10.1. The number of fused-ring (bicyclic) bond motifs is 1. The molecule has 1 atom stereocenters. The smallest absolute Gasteiger partial charge is 0.206 e. The average molecular weight is 429 g/mol. The van der Waals surface area contributed by atoms with E-state index in [2.05, 4.69) is 26.3 Å². The van der Waals surface area contributed by atoms with Gasteiger partial charge in [0.05, 0.1) is 17.1 Å². The second-order valence-corrected chi connectivity index (χ2v) is 8.19. The molecule has 2 aromatic heterocycles. The standard InChI is InChI=1S/C25H21ClN4O/c1-29-24-11-3-17(14-23(24)28-25(29)30-13-12-22(31)16-30)2-9-21-10-6-19(15-27-21)18-4-7-20(26)8-5-18/h3-8,10-11,14-15,22,31H,12-13,16H2,1H3. The molecule has 1 aliphatic rings. The molecule has 0 amide bonds.